The number of hydrogen-bond donors (Lipinski definition) is 1. The number of carbonyl (C=O) groups excluding carboxylic acids is 1. The van der Waals surface area contributed by atoms with Gasteiger partial charge in [0.25, 0.3) is 5.91 Å². The molecule has 0 fully saturated rings. The van der Waals surface area contributed by atoms with Gasteiger partial charge in [-0.2, -0.15) is 0 Å². The number of nitrogens with one attached hydrogen (secondary N) is 1. The van der Waals surface area contributed by atoms with Crippen LogP contribution >= 0.6 is 15.9 Å². The van der Waals surface area contributed by atoms with Crippen LogP contribution in [0.3, 0.4) is 0 Å². The summed E-state index contributed by atoms with van der Waals surface area (Å²) in [6, 6.07) is 15.2. The van der Waals surface area contributed by atoms with E-state index in [4.69, 9.17) is 9.15 Å². The van der Waals surface area contributed by atoms with Crippen LogP contribution in [0.25, 0.3) is 11.0 Å². The Morgan fingerprint density at radius 1 is 1.22 bits per heavy atom. The monoisotopic (exact) mass is 373 g/mol. The van der Waals surface area contributed by atoms with Gasteiger partial charge in [0.15, 0.2) is 5.76 Å². The van der Waals surface area contributed by atoms with Gasteiger partial charge in [0, 0.05) is 15.4 Å². The molecule has 4 nitrogen and oxygen atoms in total. The van der Waals surface area contributed by atoms with Crippen molar-refractivity contribution in [3.05, 3.63) is 64.3 Å². The minimum Gasteiger partial charge on any atom is -0.492 e. The van der Waals surface area contributed by atoms with Crippen molar-refractivity contribution in [2.45, 2.75) is 6.92 Å². The second-order valence-electron chi connectivity index (χ2n) is 5.11. The van der Waals surface area contributed by atoms with Crippen molar-refractivity contribution in [2.24, 2.45) is 0 Å². The molecule has 118 valence electrons. The summed E-state index contributed by atoms with van der Waals surface area (Å²) in [6.45, 7) is 2.70. The van der Waals surface area contributed by atoms with Gasteiger partial charge < -0.3 is 14.5 Å². The lowest BCUT2D eigenvalue weighted by molar-refractivity contribution is 0.0920. The van der Waals surface area contributed by atoms with Gasteiger partial charge in [-0.15, -0.1) is 0 Å². The van der Waals surface area contributed by atoms with E-state index in [1.165, 1.54) is 0 Å². The Bertz CT molecular complexity index is 827. The second kappa shape index (κ2) is 6.87. The number of furan rings is 1. The van der Waals surface area contributed by atoms with Crippen molar-refractivity contribution in [2.75, 3.05) is 13.2 Å². The molecule has 0 unspecified atom stereocenters. The quantitative estimate of drug-likeness (QED) is 0.677. The highest BCUT2D eigenvalue weighted by Gasteiger charge is 2.17. The number of amides is 1. The third kappa shape index (κ3) is 3.56. The van der Waals surface area contributed by atoms with Crippen molar-refractivity contribution >= 4 is 32.8 Å². The molecule has 0 radical (unpaired) electrons. The number of fused-ring (bicyclic) bond motifs is 1. The molecule has 0 aliphatic rings. The molecule has 5 heteroatoms. The fourth-order valence-corrected chi connectivity index (χ4v) is 2.69. The molecule has 0 aliphatic heterocycles. The van der Waals surface area contributed by atoms with Crippen LogP contribution in [-0.2, 0) is 0 Å². The van der Waals surface area contributed by atoms with Crippen molar-refractivity contribution in [3.63, 3.8) is 0 Å². The molecule has 0 spiro atoms. The van der Waals surface area contributed by atoms with Crippen LogP contribution in [0.15, 0.2) is 57.4 Å². The summed E-state index contributed by atoms with van der Waals surface area (Å²) in [7, 11) is 0. The fraction of sp³-hybridized carbons (Fsp3) is 0.167. The van der Waals surface area contributed by atoms with Gasteiger partial charge in [-0.3, -0.25) is 4.79 Å². The van der Waals surface area contributed by atoms with E-state index < -0.39 is 0 Å². The smallest absolute Gasteiger partial charge is 0.287 e. The molecule has 0 atom stereocenters. The number of carbonyl (C=O) groups is 1. The fourth-order valence-electron chi connectivity index (χ4n) is 2.35. The first-order valence-corrected chi connectivity index (χ1v) is 8.09. The largest absolute Gasteiger partial charge is 0.492 e. The topological polar surface area (TPSA) is 51.5 Å². The molecule has 3 rings (SSSR count). The van der Waals surface area contributed by atoms with E-state index in [-0.39, 0.29) is 5.91 Å². The molecule has 1 heterocycles. The maximum absolute atomic E-state index is 12.3. The van der Waals surface area contributed by atoms with E-state index in [0.717, 1.165) is 21.2 Å². The Kier molecular flexibility index (Phi) is 4.67. The number of aryl methyl sites for hydroxylation is 1. The summed E-state index contributed by atoms with van der Waals surface area (Å²) in [6.07, 6.45) is 0. The third-order valence-electron chi connectivity index (χ3n) is 3.51. The number of benzene rings is 2. The molecule has 0 bridgehead atoms. The first-order chi connectivity index (χ1) is 11.1. The summed E-state index contributed by atoms with van der Waals surface area (Å²) in [5.41, 5.74) is 1.54. The third-order valence-corrected chi connectivity index (χ3v) is 4.00. The molecule has 0 saturated heterocycles. The molecule has 0 saturated carbocycles. The normalized spacial score (nSPS) is 10.7. The predicted octanol–water partition coefficient (Wildman–Crippen LogP) is 4.31. The van der Waals surface area contributed by atoms with E-state index in [9.17, 15) is 4.79 Å². The number of ether oxygens (including phenoxy) is 1. The zero-order chi connectivity index (χ0) is 16.2. The van der Waals surface area contributed by atoms with Crippen molar-refractivity contribution in [3.8, 4) is 5.75 Å². The first-order valence-electron chi connectivity index (χ1n) is 7.30. The SMILES string of the molecule is Cc1c(C(=O)NCCOc2ccccc2)oc2cc(Br)ccc12. The summed E-state index contributed by atoms with van der Waals surface area (Å²) in [5, 5.41) is 3.76. The van der Waals surface area contributed by atoms with Gasteiger partial charge in [-0.05, 0) is 37.3 Å². The Hall–Kier alpha value is -2.27. The summed E-state index contributed by atoms with van der Waals surface area (Å²) < 4.78 is 12.1. The maximum Gasteiger partial charge on any atom is 0.287 e. The van der Waals surface area contributed by atoms with Gasteiger partial charge in [-0.25, -0.2) is 0 Å². The molecule has 23 heavy (non-hydrogen) atoms. The average molecular weight is 374 g/mol. The van der Waals surface area contributed by atoms with Crippen LogP contribution in [0.4, 0.5) is 0 Å². The minimum atomic E-state index is -0.230. The van der Waals surface area contributed by atoms with E-state index in [2.05, 4.69) is 21.2 Å². The standard InChI is InChI=1S/C18H16BrNO3/c1-12-15-8-7-13(19)11-16(15)23-17(12)18(21)20-9-10-22-14-5-3-2-4-6-14/h2-8,11H,9-10H2,1H3,(H,20,21). The summed E-state index contributed by atoms with van der Waals surface area (Å²) in [5.74, 6) is 0.899. The van der Waals surface area contributed by atoms with E-state index >= 15 is 0 Å². The highest BCUT2D eigenvalue weighted by Crippen LogP contribution is 2.27. The molecule has 2 aromatic carbocycles. The molecule has 3 aromatic rings. The van der Waals surface area contributed by atoms with Crippen LogP contribution in [0.1, 0.15) is 16.1 Å². The Morgan fingerprint density at radius 2 is 2.00 bits per heavy atom. The van der Waals surface area contributed by atoms with Crippen molar-refractivity contribution in [1.82, 2.24) is 5.32 Å². The number of rotatable bonds is 5. The van der Waals surface area contributed by atoms with E-state index in [0.29, 0.717) is 24.5 Å². The average Bonchev–Trinajstić information content (AvgIpc) is 2.88. The summed E-state index contributed by atoms with van der Waals surface area (Å²) >= 11 is 3.40. The predicted molar refractivity (Wildman–Crippen MR) is 92.9 cm³/mol. The molecular weight excluding hydrogens is 358 g/mol. The van der Waals surface area contributed by atoms with Gasteiger partial charge in [0.05, 0.1) is 6.54 Å². The zero-order valence-electron chi connectivity index (χ0n) is 12.6. The van der Waals surface area contributed by atoms with E-state index in [1.807, 2.05) is 55.5 Å². The zero-order valence-corrected chi connectivity index (χ0v) is 14.2. The number of halogens is 1. The lowest BCUT2D eigenvalue weighted by atomic mass is 10.1. The number of hydrogen-bond acceptors (Lipinski definition) is 3. The highest BCUT2D eigenvalue weighted by molar-refractivity contribution is 9.10. The first kappa shape index (κ1) is 15.6. The van der Waals surface area contributed by atoms with Gasteiger partial charge in [0.2, 0.25) is 0 Å². The van der Waals surface area contributed by atoms with Crippen LogP contribution < -0.4 is 10.1 Å². The Balaban J connectivity index is 1.61. The van der Waals surface area contributed by atoms with E-state index in [1.54, 1.807) is 0 Å². The molecule has 1 N–H and O–H groups in total. The van der Waals surface area contributed by atoms with Crippen molar-refractivity contribution in [1.29, 1.82) is 0 Å². The van der Waals surface area contributed by atoms with Gasteiger partial charge in [0.1, 0.15) is 17.9 Å². The van der Waals surface area contributed by atoms with Crippen LogP contribution in [0.5, 0.6) is 5.75 Å². The molecule has 0 aliphatic carbocycles. The lowest BCUT2D eigenvalue weighted by Crippen LogP contribution is -2.28. The van der Waals surface area contributed by atoms with Crippen LogP contribution in [0, 0.1) is 6.92 Å². The highest BCUT2D eigenvalue weighted by atomic mass is 79.9. The van der Waals surface area contributed by atoms with Gasteiger partial charge >= 0.3 is 0 Å². The Labute approximate surface area is 142 Å². The minimum absolute atomic E-state index is 0.230. The Morgan fingerprint density at radius 3 is 2.78 bits per heavy atom. The molecule has 1 amide bonds. The summed E-state index contributed by atoms with van der Waals surface area (Å²) in [4.78, 5) is 12.3. The van der Waals surface area contributed by atoms with Crippen LogP contribution in [0.2, 0.25) is 0 Å². The number of para-hydroxylation sites is 1. The van der Waals surface area contributed by atoms with Crippen molar-refractivity contribution < 1.29 is 13.9 Å². The van der Waals surface area contributed by atoms with Crippen LogP contribution in [-0.4, -0.2) is 19.1 Å². The van der Waals surface area contributed by atoms with Gasteiger partial charge in [-0.1, -0.05) is 34.1 Å². The molecular formula is C18H16BrNO3. The second-order valence-corrected chi connectivity index (χ2v) is 6.03. The molecule has 1 aromatic heterocycles. The lowest BCUT2D eigenvalue weighted by Gasteiger charge is -2.06. The maximum atomic E-state index is 12.3.